The molecular weight excluding hydrogens is 252 g/mol. The van der Waals surface area contributed by atoms with Crippen LogP contribution in [0.1, 0.15) is 24.5 Å². The SMILES string of the molecule is Cc1cccc2c1S(=O)(=O)C(CC(C)C(=O)O)=C2. The Bertz CT molecular complexity index is 641. The van der Waals surface area contributed by atoms with Crippen molar-refractivity contribution in [2.24, 2.45) is 5.92 Å². The van der Waals surface area contributed by atoms with Crippen molar-refractivity contribution < 1.29 is 18.3 Å². The molecule has 0 aromatic heterocycles. The van der Waals surface area contributed by atoms with Crippen LogP contribution in [0.4, 0.5) is 0 Å². The maximum Gasteiger partial charge on any atom is 0.306 e. The summed E-state index contributed by atoms with van der Waals surface area (Å²) in [4.78, 5) is 11.3. The summed E-state index contributed by atoms with van der Waals surface area (Å²) in [5.41, 5.74) is 1.35. The van der Waals surface area contributed by atoms with Crippen molar-refractivity contribution in [3.05, 3.63) is 34.2 Å². The number of benzene rings is 1. The summed E-state index contributed by atoms with van der Waals surface area (Å²) < 4.78 is 24.6. The fourth-order valence-electron chi connectivity index (χ4n) is 2.10. The highest BCUT2D eigenvalue weighted by atomic mass is 32.2. The minimum absolute atomic E-state index is 0.0335. The van der Waals surface area contributed by atoms with Gasteiger partial charge in [0.15, 0.2) is 0 Å². The zero-order valence-corrected chi connectivity index (χ0v) is 11.0. The van der Waals surface area contributed by atoms with E-state index in [1.54, 1.807) is 31.2 Å². The van der Waals surface area contributed by atoms with E-state index in [0.29, 0.717) is 16.0 Å². The van der Waals surface area contributed by atoms with Gasteiger partial charge in [-0.3, -0.25) is 4.79 Å². The van der Waals surface area contributed by atoms with Gasteiger partial charge in [0.25, 0.3) is 0 Å². The van der Waals surface area contributed by atoms with Crippen molar-refractivity contribution in [3.63, 3.8) is 0 Å². The monoisotopic (exact) mass is 266 g/mol. The molecule has 2 rings (SSSR count). The van der Waals surface area contributed by atoms with Gasteiger partial charge in [0.1, 0.15) is 0 Å². The van der Waals surface area contributed by atoms with E-state index in [4.69, 9.17) is 5.11 Å². The van der Waals surface area contributed by atoms with Crippen LogP contribution < -0.4 is 0 Å². The molecule has 4 nitrogen and oxygen atoms in total. The Labute approximate surface area is 106 Å². The number of allylic oxidation sites excluding steroid dienone is 1. The maximum atomic E-state index is 12.3. The lowest BCUT2D eigenvalue weighted by Crippen LogP contribution is -2.13. The van der Waals surface area contributed by atoms with Crippen LogP contribution in [0.2, 0.25) is 0 Å². The highest BCUT2D eigenvalue weighted by Crippen LogP contribution is 2.37. The normalized spacial score (nSPS) is 18.0. The lowest BCUT2D eigenvalue weighted by atomic mass is 10.1. The number of aryl methyl sites for hydroxylation is 1. The molecular formula is C13H14O4S. The van der Waals surface area contributed by atoms with Gasteiger partial charge in [0, 0.05) is 0 Å². The van der Waals surface area contributed by atoms with Crippen molar-refractivity contribution in [1.29, 1.82) is 0 Å². The zero-order chi connectivity index (χ0) is 13.5. The first-order valence-electron chi connectivity index (χ1n) is 5.62. The number of aliphatic carboxylic acids is 1. The van der Waals surface area contributed by atoms with E-state index in [-0.39, 0.29) is 11.3 Å². The third-order valence-electron chi connectivity index (χ3n) is 3.10. The van der Waals surface area contributed by atoms with Crippen LogP contribution in [0.25, 0.3) is 6.08 Å². The van der Waals surface area contributed by atoms with E-state index < -0.39 is 21.7 Å². The van der Waals surface area contributed by atoms with Crippen molar-refractivity contribution in [2.75, 3.05) is 0 Å². The predicted molar refractivity (Wildman–Crippen MR) is 67.8 cm³/mol. The van der Waals surface area contributed by atoms with Crippen LogP contribution in [0.3, 0.4) is 0 Å². The van der Waals surface area contributed by atoms with Crippen LogP contribution in [0, 0.1) is 12.8 Å². The molecule has 0 bridgehead atoms. The smallest absolute Gasteiger partial charge is 0.306 e. The number of rotatable bonds is 3. The summed E-state index contributed by atoms with van der Waals surface area (Å²) in [7, 11) is -3.51. The fourth-order valence-corrected chi connectivity index (χ4v) is 4.04. The Morgan fingerprint density at radius 3 is 2.61 bits per heavy atom. The number of hydrogen-bond acceptors (Lipinski definition) is 3. The van der Waals surface area contributed by atoms with Gasteiger partial charge in [-0.05, 0) is 30.5 Å². The largest absolute Gasteiger partial charge is 0.481 e. The molecule has 1 unspecified atom stereocenters. The number of carboxylic acids is 1. The van der Waals surface area contributed by atoms with Gasteiger partial charge in [0.05, 0.1) is 15.7 Å². The topological polar surface area (TPSA) is 71.4 Å². The van der Waals surface area contributed by atoms with Crippen LogP contribution in [0.15, 0.2) is 28.0 Å². The molecule has 1 aliphatic heterocycles. The molecule has 0 fully saturated rings. The summed E-state index contributed by atoms with van der Waals surface area (Å²) in [6.07, 6.45) is 1.61. The van der Waals surface area contributed by atoms with Crippen molar-refractivity contribution in [1.82, 2.24) is 0 Å². The Morgan fingerprint density at radius 1 is 1.39 bits per heavy atom. The Morgan fingerprint density at radius 2 is 2.06 bits per heavy atom. The second-order valence-electron chi connectivity index (χ2n) is 4.55. The van der Waals surface area contributed by atoms with E-state index in [1.165, 1.54) is 6.92 Å². The Kier molecular flexibility index (Phi) is 3.02. The van der Waals surface area contributed by atoms with Crippen LogP contribution in [-0.2, 0) is 14.6 Å². The molecule has 0 saturated carbocycles. The molecule has 1 aliphatic rings. The summed E-state index contributed by atoms with van der Waals surface area (Å²) in [5, 5.41) is 8.86. The first kappa shape index (κ1) is 12.8. The molecule has 1 atom stereocenters. The lowest BCUT2D eigenvalue weighted by Gasteiger charge is -2.08. The fraction of sp³-hybridized carbons (Fsp3) is 0.308. The predicted octanol–water partition coefficient (Wildman–Crippen LogP) is 2.23. The second-order valence-corrected chi connectivity index (χ2v) is 6.49. The number of hydrogen-bond donors (Lipinski definition) is 1. The molecule has 0 spiro atoms. The third kappa shape index (κ3) is 1.95. The Hall–Kier alpha value is -1.62. The first-order valence-corrected chi connectivity index (χ1v) is 7.10. The average molecular weight is 266 g/mol. The van der Waals surface area contributed by atoms with Crippen LogP contribution >= 0.6 is 0 Å². The van der Waals surface area contributed by atoms with Gasteiger partial charge < -0.3 is 5.11 Å². The van der Waals surface area contributed by atoms with Gasteiger partial charge in [-0.1, -0.05) is 25.1 Å². The highest BCUT2D eigenvalue weighted by Gasteiger charge is 2.32. The lowest BCUT2D eigenvalue weighted by molar-refractivity contribution is -0.141. The summed E-state index contributed by atoms with van der Waals surface area (Å²) in [6, 6.07) is 5.27. The highest BCUT2D eigenvalue weighted by molar-refractivity contribution is 7.95. The van der Waals surface area contributed by atoms with Crippen LogP contribution in [0.5, 0.6) is 0 Å². The van der Waals surface area contributed by atoms with Gasteiger partial charge in [0.2, 0.25) is 9.84 Å². The molecule has 0 aliphatic carbocycles. The number of carboxylic acid groups (broad SMARTS) is 1. The second kappa shape index (κ2) is 4.24. The summed E-state index contributed by atoms with van der Waals surface area (Å²) in [6.45, 7) is 3.25. The van der Waals surface area contributed by atoms with Crippen LogP contribution in [-0.4, -0.2) is 19.5 Å². The molecule has 1 aromatic rings. The number of carbonyl (C=O) groups is 1. The first-order chi connectivity index (χ1) is 8.34. The molecule has 1 N–H and O–H groups in total. The third-order valence-corrected chi connectivity index (χ3v) is 5.17. The zero-order valence-electron chi connectivity index (χ0n) is 10.2. The molecule has 1 aromatic carbocycles. The van der Waals surface area contributed by atoms with E-state index in [9.17, 15) is 13.2 Å². The van der Waals surface area contributed by atoms with E-state index >= 15 is 0 Å². The summed E-state index contributed by atoms with van der Waals surface area (Å²) >= 11 is 0. The van der Waals surface area contributed by atoms with Gasteiger partial charge in [-0.25, -0.2) is 8.42 Å². The number of sulfone groups is 1. The quantitative estimate of drug-likeness (QED) is 0.910. The number of fused-ring (bicyclic) bond motifs is 1. The molecule has 0 saturated heterocycles. The van der Waals surface area contributed by atoms with E-state index in [2.05, 4.69) is 0 Å². The van der Waals surface area contributed by atoms with Gasteiger partial charge >= 0.3 is 5.97 Å². The van der Waals surface area contributed by atoms with Gasteiger partial charge in [-0.15, -0.1) is 0 Å². The minimum atomic E-state index is -3.51. The average Bonchev–Trinajstić information content (AvgIpc) is 2.51. The summed E-state index contributed by atoms with van der Waals surface area (Å²) in [5.74, 6) is -1.69. The van der Waals surface area contributed by atoms with Crippen molar-refractivity contribution in [3.8, 4) is 0 Å². The maximum absolute atomic E-state index is 12.3. The Balaban J connectivity index is 2.45. The molecule has 5 heteroatoms. The van der Waals surface area contributed by atoms with E-state index in [1.807, 2.05) is 0 Å². The minimum Gasteiger partial charge on any atom is -0.481 e. The molecule has 18 heavy (non-hydrogen) atoms. The van der Waals surface area contributed by atoms with Gasteiger partial charge in [-0.2, -0.15) is 0 Å². The standard InChI is InChI=1S/C13H14O4S/c1-8-4-3-5-10-7-11(6-9(2)13(14)15)18(16,17)12(8)10/h3-5,7,9H,6H2,1-2H3,(H,14,15). The molecule has 96 valence electrons. The van der Waals surface area contributed by atoms with E-state index in [0.717, 1.165) is 0 Å². The molecule has 1 heterocycles. The van der Waals surface area contributed by atoms with Crippen molar-refractivity contribution in [2.45, 2.75) is 25.2 Å². The molecule has 0 radical (unpaired) electrons. The van der Waals surface area contributed by atoms with Crippen molar-refractivity contribution >= 4 is 21.9 Å². The molecule has 0 amide bonds.